The standard InChI is InChI=1S/C14H20O2/c1-5-11(4)16-14(15)13-8-6-12(7-9-13)10(2)3/h6-11H,5H2,1-4H3. The van der Waals surface area contributed by atoms with Crippen molar-refractivity contribution < 1.29 is 9.53 Å². The number of ether oxygens (including phenoxy) is 1. The van der Waals surface area contributed by atoms with Crippen molar-refractivity contribution in [3.05, 3.63) is 35.4 Å². The van der Waals surface area contributed by atoms with E-state index in [0.717, 1.165) is 6.42 Å². The van der Waals surface area contributed by atoms with Crippen molar-refractivity contribution in [3.63, 3.8) is 0 Å². The minimum atomic E-state index is -0.232. The van der Waals surface area contributed by atoms with Crippen LogP contribution in [0.2, 0.25) is 0 Å². The van der Waals surface area contributed by atoms with Gasteiger partial charge in [-0.25, -0.2) is 4.79 Å². The van der Waals surface area contributed by atoms with Gasteiger partial charge in [-0.1, -0.05) is 32.9 Å². The van der Waals surface area contributed by atoms with E-state index in [0.29, 0.717) is 11.5 Å². The van der Waals surface area contributed by atoms with Gasteiger partial charge in [-0.2, -0.15) is 0 Å². The molecule has 0 saturated heterocycles. The van der Waals surface area contributed by atoms with Crippen LogP contribution in [0.4, 0.5) is 0 Å². The van der Waals surface area contributed by atoms with E-state index >= 15 is 0 Å². The van der Waals surface area contributed by atoms with Crippen molar-refractivity contribution in [1.82, 2.24) is 0 Å². The van der Waals surface area contributed by atoms with Crippen LogP contribution in [0.3, 0.4) is 0 Å². The fraction of sp³-hybridized carbons (Fsp3) is 0.500. The second-order valence-electron chi connectivity index (χ2n) is 4.40. The summed E-state index contributed by atoms with van der Waals surface area (Å²) in [6.07, 6.45) is 0.827. The Hall–Kier alpha value is -1.31. The Labute approximate surface area is 97.6 Å². The summed E-state index contributed by atoms with van der Waals surface area (Å²) in [5.74, 6) is 0.254. The maximum atomic E-state index is 11.7. The molecule has 0 aliphatic heterocycles. The smallest absolute Gasteiger partial charge is 0.338 e. The molecule has 0 N–H and O–H groups in total. The topological polar surface area (TPSA) is 26.3 Å². The van der Waals surface area contributed by atoms with E-state index in [1.165, 1.54) is 5.56 Å². The zero-order valence-electron chi connectivity index (χ0n) is 10.5. The van der Waals surface area contributed by atoms with Crippen LogP contribution in [-0.4, -0.2) is 12.1 Å². The summed E-state index contributed by atoms with van der Waals surface area (Å²) in [6, 6.07) is 7.63. The molecule has 0 aliphatic rings. The predicted molar refractivity (Wildman–Crippen MR) is 65.7 cm³/mol. The van der Waals surface area contributed by atoms with Gasteiger partial charge in [0.2, 0.25) is 0 Å². The Balaban J connectivity index is 2.70. The van der Waals surface area contributed by atoms with Gasteiger partial charge in [0, 0.05) is 0 Å². The SMILES string of the molecule is CCC(C)OC(=O)c1ccc(C(C)C)cc1. The van der Waals surface area contributed by atoms with E-state index in [-0.39, 0.29) is 12.1 Å². The molecule has 0 aliphatic carbocycles. The summed E-state index contributed by atoms with van der Waals surface area (Å²) >= 11 is 0. The molecule has 0 saturated carbocycles. The molecular formula is C14H20O2. The summed E-state index contributed by atoms with van der Waals surface area (Å²) in [5, 5.41) is 0. The average Bonchev–Trinajstić information content (AvgIpc) is 2.28. The molecular weight excluding hydrogens is 200 g/mol. The van der Waals surface area contributed by atoms with Crippen molar-refractivity contribution in [1.29, 1.82) is 0 Å². The average molecular weight is 220 g/mol. The van der Waals surface area contributed by atoms with Gasteiger partial charge < -0.3 is 4.74 Å². The molecule has 88 valence electrons. The number of hydrogen-bond acceptors (Lipinski definition) is 2. The molecule has 2 heteroatoms. The third-order valence-corrected chi connectivity index (χ3v) is 2.70. The van der Waals surface area contributed by atoms with Crippen LogP contribution in [0.25, 0.3) is 0 Å². The highest BCUT2D eigenvalue weighted by atomic mass is 16.5. The van der Waals surface area contributed by atoms with E-state index in [9.17, 15) is 4.79 Å². The monoisotopic (exact) mass is 220 g/mol. The summed E-state index contributed by atoms with van der Waals surface area (Å²) in [7, 11) is 0. The third-order valence-electron chi connectivity index (χ3n) is 2.70. The van der Waals surface area contributed by atoms with Crippen LogP contribution in [0.5, 0.6) is 0 Å². The van der Waals surface area contributed by atoms with E-state index in [4.69, 9.17) is 4.74 Å². The van der Waals surface area contributed by atoms with E-state index in [2.05, 4.69) is 13.8 Å². The van der Waals surface area contributed by atoms with Crippen LogP contribution in [-0.2, 0) is 4.74 Å². The van der Waals surface area contributed by atoms with Crippen molar-refractivity contribution in [2.45, 2.75) is 46.1 Å². The van der Waals surface area contributed by atoms with Crippen molar-refractivity contribution in [2.24, 2.45) is 0 Å². The van der Waals surface area contributed by atoms with Gasteiger partial charge in [-0.15, -0.1) is 0 Å². The van der Waals surface area contributed by atoms with Gasteiger partial charge >= 0.3 is 5.97 Å². The van der Waals surface area contributed by atoms with E-state index < -0.39 is 0 Å². The summed E-state index contributed by atoms with van der Waals surface area (Å²) in [5.41, 5.74) is 1.87. The minimum absolute atomic E-state index is 0.0164. The lowest BCUT2D eigenvalue weighted by Gasteiger charge is -2.11. The van der Waals surface area contributed by atoms with Gasteiger partial charge in [0.15, 0.2) is 0 Å². The molecule has 0 fully saturated rings. The molecule has 0 bridgehead atoms. The first-order valence-electron chi connectivity index (χ1n) is 5.85. The normalized spacial score (nSPS) is 12.6. The number of carbonyl (C=O) groups is 1. The molecule has 1 atom stereocenters. The van der Waals surface area contributed by atoms with E-state index in [1.54, 1.807) is 0 Å². The minimum Gasteiger partial charge on any atom is -0.459 e. The molecule has 0 heterocycles. The molecule has 1 unspecified atom stereocenters. The van der Waals surface area contributed by atoms with Gasteiger partial charge in [0.1, 0.15) is 0 Å². The highest BCUT2D eigenvalue weighted by Crippen LogP contribution is 2.15. The first-order chi connectivity index (χ1) is 7.54. The maximum Gasteiger partial charge on any atom is 0.338 e. The van der Waals surface area contributed by atoms with Crippen LogP contribution >= 0.6 is 0 Å². The molecule has 0 aromatic heterocycles. The number of benzene rings is 1. The Morgan fingerprint density at radius 3 is 2.19 bits per heavy atom. The van der Waals surface area contributed by atoms with Gasteiger partial charge in [-0.3, -0.25) is 0 Å². The van der Waals surface area contributed by atoms with Crippen LogP contribution in [0.1, 0.15) is 56.0 Å². The number of esters is 1. The summed E-state index contributed by atoms with van der Waals surface area (Å²) < 4.78 is 5.25. The fourth-order valence-electron chi connectivity index (χ4n) is 1.34. The Morgan fingerprint density at radius 2 is 1.75 bits per heavy atom. The van der Waals surface area contributed by atoms with Gasteiger partial charge in [0.05, 0.1) is 11.7 Å². The van der Waals surface area contributed by atoms with E-state index in [1.807, 2.05) is 38.1 Å². The number of rotatable bonds is 4. The largest absolute Gasteiger partial charge is 0.459 e. The maximum absolute atomic E-state index is 11.7. The van der Waals surface area contributed by atoms with Crippen molar-refractivity contribution in [2.75, 3.05) is 0 Å². The summed E-state index contributed by atoms with van der Waals surface area (Å²) in [4.78, 5) is 11.7. The lowest BCUT2D eigenvalue weighted by atomic mass is 10.0. The molecule has 0 amide bonds. The second kappa shape index (κ2) is 5.69. The molecule has 1 rings (SSSR count). The lowest BCUT2D eigenvalue weighted by Crippen LogP contribution is -2.13. The first-order valence-corrected chi connectivity index (χ1v) is 5.85. The Kier molecular flexibility index (Phi) is 4.53. The highest BCUT2D eigenvalue weighted by molar-refractivity contribution is 5.89. The van der Waals surface area contributed by atoms with Crippen LogP contribution in [0, 0.1) is 0 Å². The Morgan fingerprint density at radius 1 is 1.19 bits per heavy atom. The fourth-order valence-corrected chi connectivity index (χ4v) is 1.34. The molecule has 16 heavy (non-hydrogen) atoms. The molecule has 1 aromatic carbocycles. The molecule has 0 spiro atoms. The third kappa shape index (κ3) is 3.37. The Bertz CT molecular complexity index is 338. The predicted octanol–water partition coefficient (Wildman–Crippen LogP) is 3.77. The highest BCUT2D eigenvalue weighted by Gasteiger charge is 2.10. The van der Waals surface area contributed by atoms with Crippen LogP contribution < -0.4 is 0 Å². The quantitative estimate of drug-likeness (QED) is 0.722. The van der Waals surface area contributed by atoms with Crippen LogP contribution in [0.15, 0.2) is 24.3 Å². The van der Waals surface area contributed by atoms with Crippen molar-refractivity contribution in [3.8, 4) is 0 Å². The van der Waals surface area contributed by atoms with Gasteiger partial charge in [-0.05, 0) is 37.0 Å². The first kappa shape index (κ1) is 12.8. The zero-order valence-corrected chi connectivity index (χ0v) is 10.5. The lowest BCUT2D eigenvalue weighted by molar-refractivity contribution is 0.0334. The zero-order chi connectivity index (χ0) is 12.1. The molecule has 0 radical (unpaired) electrons. The molecule has 1 aromatic rings. The van der Waals surface area contributed by atoms with Crippen molar-refractivity contribution >= 4 is 5.97 Å². The van der Waals surface area contributed by atoms with Gasteiger partial charge in [0.25, 0.3) is 0 Å². The summed E-state index contributed by atoms with van der Waals surface area (Å²) in [6.45, 7) is 8.17. The number of hydrogen-bond donors (Lipinski definition) is 0. The second-order valence-corrected chi connectivity index (χ2v) is 4.40. The molecule has 2 nitrogen and oxygen atoms in total. The number of carbonyl (C=O) groups excluding carboxylic acids is 1.